The summed E-state index contributed by atoms with van der Waals surface area (Å²) >= 11 is 3.45. The number of halogens is 1. The molecule has 0 fully saturated rings. The number of hydrogen-bond acceptors (Lipinski definition) is 2. The Kier molecular flexibility index (Phi) is 5.39. The molecule has 0 aliphatic heterocycles. The normalized spacial score (nSPS) is 10.1. The molecule has 0 heterocycles. The molecule has 4 heteroatoms. The number of rotatable bonds is 5. The summed E-state index contributed by atoms with van der Waals surface area (Å²) in [7, 11) is 1.62. The summed E-state index contributed by atoms with van der Waals surface area (Å²) in [5.74, 6) is 0.616. The van der Waals surface area contributed by atoms with Gasteiger partial charge >= 0.3 is 0 Å². The Bertz CT molecular complexity index is 710. The maximum atomic E-state index is 12.4. The van der Waals surface area contributed by atoms with E-state index in [-0.39, 0.29) is 5.91 Å². The number of benzene rings is 2. The minimum atomic E-state index is -0.144. The first kappa shape index (κ1) is 16.3. The molecule has 2 aromatic rings. The van der Waals surface area contributed by atoms with Gasteiger partial charge < -0.3 is 10.1 Å². The first-order valence-electron chi connectivity index (χ1n) is 6.90. The number of anilines is 1. The van der Waals surface area contributed by atoms with E-state index in [1.807, 2.05) is 31.2 Å². The zero-order valence-corrected chi connectivity index (χ0v) is 14.2. The van der Waals surface area contributed by atoms with E-state index in [4.69, 9.17) is 4.74 Å². The highest BCUT2D eigenvalue weighted by Gasteiger charge is 2.10. The Morgan fingerprint density at radius 2 is 2.09 bits per heavy atom. The van der Waals surface area contributed by atoms with Gasteiger partial charge in [-0.05, 0) is 60.9 Å². The zero-order valence-electron chi connectivity index (χ0n) is 12.7. The average Bonchev–Trinajstić information content (AvgIpc) is 2.51. The summed E-state index contributed by atoms with van der Waals surface area (Å²) in [6.07, 6.45) is 2.44. The van der Waals surface area contributed by atoms with Crippen molar-refractivity contribution in [1.29, 1.82) is 0 Å². The van der Waals surface area contributed by atoms with Crippen molar-refractivity contribution in [3.8, 4) is 5.75 Å². The Hall–Kier alpha value is -2.07. The van der Waals surface area contributed by atoms with Crippen LogP contribution in [0.5, 0.6) is 5.75 Å². The number of aryl methyl sites for hydroxylation is 1. The quantitative estimate of drug-likeness (QED) is 0.782. The van der Waals surface area contributed by atoms with E-state index in [1.54, 1.807) is 25.3 Å². The van der Waals surface area contributed by atoms with Crippen LogP contribution < -0.4 is 10.1 Å². The third-order valence-electron chi connectivity index (χ3n) is 3.32. The van der Waals surface area contributed by atoms with Crippen LogP contribution in [0.15, 0.2) is 53.5 Å². The van der Waals surface area contributed by atoms with Crippen LogP contribution in [-0.4, -0.2) is 13.0 Å². The van der Waals surface area contributed by atoms with Crippen LogP contribution in [0.3, 0.4) is 0 Å². The van der Waals surface area contributed by atoms with Crippen LogP contribution in [0.2, 0.25) is 0 Å². The van der Waals surface area contributed by atoms with Crippen LogP contribution in [0.25, 0.3) is 0 Å². The predicted molar refractivity (Wildman–Crippen MR) is 93.7 cm³/mol. The number of allylic oxidation sites excluding steroid dienone is 1. The molecule has 1 N–H and O–H groups in total. The molecule has 0 aliphatic carbocycles. The van der Waals surface area contributed by atoms with Crippen molar-refractivity contribution in [2.24, 2.45) is 0 Å². The highest BCUT2D eigenvalue weighted by Crippen LogP contribution is 2.23. The average molecular weight is 360 g/mol. The van der Waals surface area contributed by atoms with E-state index < -0.39 is 0 Å². The number of carbonyl (C=O) groups is 1. The Balaban J connectivity index is 2.23. The molecule has 0 unspecified atom stereocenters. The second-order valence-corrected chi connectivity index (χ2v) is 5.79. The van der Waals surface area contributed by atoms with Crippen molar-refractivity contribution >= 4 is 27.5 Å². The van der Waals surface area contributed by atoms with Crippen molar-refractivity contribution in [1.82, 2.24) is 0 Å². The molecule has 0 spiro atoms. The van der Waals surface area contributed by atoms with Crippen molar-refractivity contribution < 1.29 is 9.53 Å². The summed E-state index contributed by atoms with van der Waals surface area (Å²) in [6, 6.07) is 11.1. The van der Waals surface area contributed by atoms with Crippen molar-refractivity contribution in [2.45, 2.75) is 13.3 Å². The first-order chi connectivity index (χ1) is 10.5. The van der Waals surface area contributed by atoms with Gasteiger partial charge in [-0.25, -0.2) is 0 Å². The molecular formula is C18H18BrNO2. The smallest absolute Gasteiger partial charge is 0.255 e. The first-order valence-corrected chi connectivity index (χ1v) is 7.69. The lowest BCUT2D eigenvalue weighted by Crippen LogP contribution is -2.12. The monoisotopic (exact) mass is 359 g/mol. The number of nitrogens with one attached hydrogen (secondary N) is 1. The van der Waals surface area contributed by atoms with E-state index in [1.165, 1.54) is 0 Å². The zero-order chi connectivity index (χ0) is 16.1. The lowest BCUT2D eigenvalue weighted by Gasteiger charge is -2.10. The number of ether oxygens (including phenoxy) is 1. The molecule has 0 aliphatic rings. The van der Waals surface area contributed by atoms with E-state index in [2.05, 4.69) is 27.8 Å². The number of methoxy groups -OCH3 is 1. The van der Waals surface area contributed by atoms with Crippen molar-refractivity contribution in [3.63, 3.8) is 0 Å². The lowest BCUT2D eigenvalue weighted by molar-refractivity contribution is 0.102. The molecule has 0 saturated heterocycles. The largest absolute Gasteiger partial charge is 0.496 e. The fraction of sp³-hybridized carbons (Fsp3) is 0.167. The molecular weight excluding hydrogens is 342 g/mol. The van der Waals surface area contributed by atoms with Gasteiger partial charge in [0.15, 0.2) is 0 Å². The second-order valence-electron chi connectivity index (χ2n) is 4.94. The SMILES string of the molecule is C=CCc1cc(C(=O)Nc2ccc(Br)c(C)c2)ccc1OC. The summed E-state index contributed by atoms with van der Waals surface area (Å²) in [5, 5.41) is 2.91. The Labute approximate surface area is 139 Å². The molecule has 0 saturated carbocycles. The maximum absolute atomic E-state index is 12.4. The Morgan fingerprint density at radius 3 is 2.73 bits per heavy atom. The third-order valence-corrected chi connectivity index (χ3v) is 4.21. The fourth-order valence-electron chi connectivity index (χ4n) is 2.16. The summed E-state index contributed by atoms with van der Waals surface area (Å²) in [6.45, 7) is 5.71. The molecule has 0 atom stereocenters. The minimum absolute atomic E-state index is 0.144. The molecule has 2 aromatic carbocycles. The van der Waals surface area contributed by atoms with Gasteiger partial charge in [-0.15, -0.1) is 6.58 Å². The highest BCUT2D eigenvalue weighted by atomic mass is 79.9. The summed E-state index contributed by atoms with van der Waals surface area (Å²) < 4.78 is 6.31. The van der Waals surface area contributed by atoms with Gasteiger partial charge in [0.25, 0.3) is 5.91 Å². The van der Waals surface area contributed by atoms with Gasteiger partial charge in [-0.2, -0.15) is 0 Å². The van der Waals surface area contributed by atoms with Gasteiger partial charge in [-0.1, -0.05) is 22.0 Å². The van der Waals surface area contributed by atoms with Crippen LogP contribution in [-0.2, 0) is 6.42 Å². The van der Waals surface area contributed by atoms with Gasteiger partial charge in [0.2, 0.25) is 0 Å². The predicted octanol–water partition coefficient (Wildman–Crippen LogP) is 4.75. The van der Waals surface area contributed by atoms with Crippen LogP contribution >= 0.6 is 15.9 Å². The van der Waals surface area contributed by atoms with Crippen molar-refractivity contribution in [2.75, 3.05) is 12.4 Å². The van der Waals surface area contributed by atoms with Gasteiger partial charge in [0.05, 0.1) is 7.11 Å². The van der Waals surface area contributed by atoms with E-state index >= 15 is 0 Å². The van der Waals surface area contributed by atoms with Gasteiger partial charge in [0.1, 0.15) is 5.75 Å². The van der Waals surface area contributed by atoms with Crippen molar-refractivity contribution in [3.05, 3.63) is 70.2 Å². The second kappa shape index (κ2) is 7.27. The lowest BCUT2D eigenvalue weighted by atomic mass is 10.1. The molecule has 114 valence electrons. The fourth-order valence-corrected chi connectivity index (χ4v) is 2.41. The van der Waals surface area contributed by atoms with E-state index in [9.17, 15) is 4.79 Å². The van der Waals surface area contributed by atoms with Gasteiger partial charge in [-0.3, -0.25) is 4.79 Å². The summed E-state index contributed by atoms with van der Waals surface area (Å²) in [4.78, 5) is 12.4. The maximum Gasteiger partial charge on any atom is 0.255 e. The number of amides is 1. The molecule has 0 bridgehead atoms. The molecule has 2 rings (SSSR count). The third kappa shape index (κ3) is 3.77. The highest BCUT2D eigenvalue weighted by molar-refractivity contribution is 9.10. The minimum Gasteiger partial charge on any atom is -0.496 e. The summed E-state index contributed by atoms with van der Waals surface area (Å²) in [5.41, 5.74) is 3.38. The van der Waals surface area contributed by atoms with Crippen LogP contribution in [0, 0.1) is 6.92 Å². The van der Waals surface area contributed by atoms with Crippen LogP contribution in [0.4, 0.5) is 5.69 Å². The van der Waals surface area contributed by atoms with E-state index in [0.717, 1.165) is 27.0 Å². The Morgan fingerprint density at radius 1 is 1.32 bits per heavy atom. The number of hydrogen-bond donors (Lipinski definition) is 1. The van der Waals surface area contributed by atoms with E-state index in [0.29, 0.717) is 12.0 Å². The standard InChI is InChI=1S/C18H18BrNO2/c1-4-5-13-11-14(6-9-17(13)22-3)18(21)20-15-7-8-16(19)12(2)10-15/h4,6-11H,1,5H2,2-3H3,(H,20,21). The molecule has 0 aromatic heterocycles. The van der Waals surface area contributed by atoms with Crippen LogP contribution in [0.1, 0.15) is 21.5 Å². The number of carbonyl (C=O) groups excluding carboxylic acids is 1. The molecule has 3 nitrogen and oxygen atoms in total. The molecule has 1 amide bonds. The topological polar surface area (TPSA) is 38.3 Å². The molecule has 0 radical (unpaired) electrons. The van der Waals surface area contributed by atoms with Gasteiger partial charge in [0, 0.05) is 15.7 Å². The molecule has 22 heavy (non-hydrogen) atoms.